The van der Waals surface area contributed by atoms with Crippen molar-refractivity contribution in [2.75, 3.05) is 30.3 Å². The first kappa shape index (κ1) is 27.6. The van der Waals surface area contributed by atoms with Crippen LogP contribution >= 0.6 is 11.6 Å². The number of allylic oxidation sites excluding steroid dienone is 1. The van der Waals surface area contributed by atoms with E-state index in [-0.39, 0.29) is 28.6 Å². The molecule has 2 aromatic carbocycles. The quantitative estimate of drug-likeness (QED) is 0.430. The van der Waals surface area contributed by atoms with Crippen molar-refractivity contribution < 1.29 is 23.1 Å². The minimum atomic E-state index is -3.83. The number of carbonyl (C=O) groups excluding carboxylic acids is 1. The molecule has 2 aliphatic carbocycles. The van der Waals surface area contributed by atoms with Gasteiger partial charge in [0.15, 0.2) is 0 Å². The van der Waals surface area contributed by atoms with Gasteiger partial charge in [0.1, 0.15) is 5.75 Å². The molecule has 2 aromatic rings. The van der Waals surface area contributed by atoms with E-state index in [1.54, 1.807) is 18.2 Å². The van der Waals surface area contributed by atoms with Gasteiger partial charge in [0.2, 0.25) is 10.0 Å². The van der Waals surface area contributed by atoms with E-state index in [0.717, 1.165) is 49.4 Å². The summed E-state index contributed by atoms with van der Waals surface area (Å²) >= 11 is 6.37. The molecule has 2 aliphatic heterocycles. The molecule has 1 fully saturated rings. The van der Waals surface area contributed by atoms with Gasteiger partial charge < -0.3 is 14.7 Å². The van der Waals surface area contributed by atoms with E-state index in [1.807, 2.05) is 25.1 Å². The van der Waals surface area contributed by atoms with Gasteiger partial charge in [-0.25, -0.2) is 13.1 Å². The van der Waals surface area contributed by atoms with E-state index in [9.17, 15) is 18.3 Å². The Labute approximate surface area is 241 Å². The third-order valence-corrected chi connectivity index (χ3v) is 11.0. The lowest BCUT2D eigenvalue weighted by Crippen LogP contribution is -2.49. The lowest BCUT2D eigenvalue weighted by atomic mass is 9.68. The number of carbonyl (C=O) groups is 1. The van der Waals surface area contributed by atoms with Gasteiger partial charge in [-0.2, -0.15) is 0 Å². The molecular formula is C31H37ClN2O5S. The van der Waals surface area contributed by atoms with Gasteiger partial charge in [-0.05, 0) is 97.7 Å². The molecule has 2 bridgehead atoms. The number of amides is 1. The van der Waals surface area contributed by atoms with Crippen LogP contribution in [0.15, 0.2) is 48.6 Å². The van der Waals surface area contributed by atoms with Crippen molar-refractivity contribution in [3.8, 4) is 5.75 Å². The van der Waals surface area contributed by atoms with Crippen molar-refractivity contribution in [1.29, 1.82) is 0 Å². The topological polar surface area (TPSA) is 95.9 Å². The highest BCUT2D eigenvalue weighted by Crippen LogP contribution is 2.46. The summed E-state index contributed by atoms with van der Waals surface area (Å²) in [7, 11) is -3.83. The smallest absolute Gasteiger partial charge is 0.264 e. The molecule has 0 saturated heterocycles. The molecule has 0 radical (unpaired) electrons. The van der Waals surface area contributed by atoms with Gasteiger partial charge in [-0.3, -0.25) is 4.79 Å². The van der Waals surface area contributed by atoms with Gasteiger partial charge >= 0.3 is 0 Å². The number of halogens is 1. The van der Waals surface area contributed by atoms with Gasteiger partial charge in [-0.15, -0.1) is 0 Å². The maximum atomic E-state index is 13.2. The fourth-order valence-corrected chi connectivity index (χ4v) is 8.65. The number of sulfonamides is 1. The molecule has 9 heteroatoms. The number of hydrogen-bond acceptors (Lipinski definition) is 6. The summed E-state index contributed by atoms with van der Waals surface area (Å²) in [5.74, 6) is 0.112. The number of rotatable bonds is 0. The highest BCUT2D eigenvalue weighted by atomic mass is 35.5. The molecule has 7 nitrogen and oxygen atoms in total. The van der Waals surface area contributed by atoms with Crippen LogP contribution in [-0.2, 0) is 21.9 Å². The van der Waals surface area contributed by atoms with Gasteiger partial charge in [0.05, 0.1) is 24.2 Å². The number of fused-ring (bicyclic) bond motifs is 4. The molecule has 2 N–H and O–H groups in total. The number of nitrogens with one attached hydrogen (secondary N) is 1. The zero-order valence-corrected chi connectivity index (χ0v) is 24.4. The van der Waals surface area contributed by atoms with E-state index in [0.29, 0.717) is 31.2 Å². The number of anilines is 1. The molecule has 40 heavy (non-hydrogen) atoms. The summed E-state index contributed by atoms with van der Waals surface area (Å²) in [5, 5.41) is 11.8. The zero-order chi connectivity index (χ0) is 28.1. The third-order valence-electron chi connectivity index (χ3n) is 9.29. The molecule has 0 aromatic heterocycles. The Morgan fingerprint density at radius 3 is 2.83 bits per heavy atom. The number of aliphatic hydroxyl groups is 1. The summed E-state index contributed by atoms with van der Waals surface area (Å²) in [4.78, 5) is 15.5. The number of benzene rings is 2. The Morgan fingerprint density at radius 1 is 1.18 bits per heavy atom. The van der Waals surface area contributed by atoms with Crippen molar-refractivity contribution in [3.63, 3.8) is 0 Å². The van der Waals surface area contributed by atoms with Gasteiger partial charge in [0, 0.05) is 29.1 Å². The SMILES string of the molecule is C[C@@H]1C/C=C/[C@@H](O)[C@@H]2CC[C@H]2CN2C[C@@]3(CCCc4cc(Cl)ccc43)COc3ccc(cc32)C(=O)NS(=O)(=O)C1. The lowest BCUT2D eigenvalue weighted by molar-refractivity contribution is 0.0456. The standard InChI is InChI=1S/C31H37ClN2O5S/c1-20-4-2-6-28(35)25-10-7-23(25)16-34-18-31(13-3-5-21-14-24(32)9-11-26(21)31)19-39-29-12-8-22(15-27(29)34)30(36)33-40(37,38)17-20/h2,6,8-9,11-12,14-15,20,23,25,28,35H,3-5,7,10,13,16-19H2,1H3,(H,33,36)/b6-2+/t20-,23+,25-,28-,31+/m1/s1. The Kier molecular flexibility index (Phi) is 7.38. The summed E-state index contributed by atoms with van der Waals surface area (Å²) in [6.07, 6.45) is 8.59. The fraction of sp³-hybridized carbons (Fsp3) is 0.516. The van der Waals surface area contributed by atoms with Crippen LogP contribution in [0.1, 0.15) is 60.5 Å². The normalized spacial score (nSPS) is 32.5. The summed E-state index contributed by atoms with van der Waals surface area (Å²) in [6.45, 7) is 3.75. The number of hydrogen-bond donors (Lipinski definition) is 2. The molecule has 4 aliphatic rings. The Bertz CT molecular complexity index is 1440. The van der Waals surface area contributed by atoms with Crippen LogP contribution in [0.4, 0.5) is 5.69 Å². The van der Waals surface area contributed by atoms with Crippen molar-refractivity contribution in [2.24, 2.45) is 17.8 Å². The minimum absolute atomic E-state index is 0.135. The fourth-order valence-electron chi connectivity index (χ4n) is 7.09. The van der Waals surface area contributed by atoms with Crippen LogP contribution in [0, 0.1) is 17.8 Å². The summed E-state index contributed by atoms with van der Waals surface area (Å²) in [5.41, 5.74) is 3.34. The highest BCUT2D eigenvalue weighted by Gasteiger charge is 2.44. The van der Waals surface area contributed by atoms with Crippen molar-refractivity contribution >= 4 is 33.2 Å². The highest BCUT2D eigenvalue weighted by molar-refractivity contribution is 7.90. The molecule has 1 spiro atoms. The van der Waals surface area contributed by atoms with Crippen LogP contribution in [0.2, 0.25) is 5.02 Å². The average Bonchev–Trinajstić information content (AvgIpc) is 3.02. The van der Waals surface area contributed by atoms with E-state index in [1.165, 1.54) is 11.1 Å². The number of ether oxygens (including phenoxy) is 1. The monoisotopic (exact) mass is 584 g/mol. The molecule has 0 unspecified atom stereocenters. The molecule has 5 atom stereocenters. The lowest BCUT2D eigenvalue weighted by Gasteiger charge is -2.45. The maximum Gasteiger partial charge on any atom is 0.264 e. The Balaban J connectivity index is 1.42. The van der Waals surface area contributed by atoms with Crippen LogP contribution in [0.25, 0.3) is 0 Å². The molecule has 1 saturated carbocycles. The first-order chi connectivity index (χ1) is 19.1. The predicted molar refractivity (Wildman–Crippen MR) is 157 cm³/mol. The van der Waals surface area contributed by atoms with Gasteiger partial charge in [-0.1, -0.05) is 36.7 Å². The summed E-state index contributed by atoms with van der Waals surface area (Å²) < 4.78 is 34.4. The van der Waals surface area contributed by atoms with Crippen molar-refractivity contribution in [3.05, 3.63) is 70.3 Å². The van der Waals surface area contributed by atoms with Crippen molar-refractivity contribution in [2.45, 2.75) is 57.0 Å². The minimum Gasteiger partial charge on any atom is -0.490 e. The van der Waals surface area contributed by atoms with Crippen molar-refractivity contribution in [1.82, 2.24) is 4.72 Å². The molecule has 1 amide bonds. The first-order valence-corrected chi connectivity index (χ1v) is 16.4. The number of aliphatic hydroxyl groups excluding tert-OH is 1. The average molecular weight is 585 g/mol. The second kappa shape index (κ2) is 10.7. The van der Waals surface area contributed by atoms with Gasteiger partial charge in [0.25, 0.3) is 5.91 Å². The van der Waals surface area contributed by atoms with E-state index in [4.69, 9.17) is 16.3 Å². The van der Waals surface area contributed by atoms with Crippen LogP contribution < -0.4 is 14.4 Å². The third kappa shape index (κ3) is 5.38. The van der Waals surface area contributed by atoms with Crippen LogP contribution in [0.5, 0.6) is 5.75 Å². The first-order valence-electron chi connectivity index (χ1n) is 14.3. The second-order valence-corrected chi connectivity index (χ2v) is 14.5. The predicted octanol–water partition coefficient (Wildman–Crippen LogP) is 4.86. The molecular weight excluding hydrogens is 548 g/mol. The Hall–Kier alpha value is -2.55. The Morgan fingerprint density at radius 2 is 2.02 bits per heavy atom. The molecule has 2 heterocycles. The number of nitrogens with zero attached hydrogens (tertiary/aromatic N) is 1. The van der Waals surface area contributed by atoms with E-state index < -0.39 is 22.0 Å². The van der Waals surface area contributed by atoms with Crippen LogP contribution in [-0.4, -0.2) is 51.0 Å². The second-order valence-electron chi connectivity index (χ2n) is 12.3. The molecule has 6 rings (SSSR count). The molecule has 214 valence electrons. The van der Waals surface area contributed by atoms with E-state index >= 15 is 0 Å². The summed E-state index contributed by atoms with van der Waals surface area (Å²) in [6, 6.07) is 11.4. The zero-order valence-electron chi connectivity index (χ0n) is 22.8. The maximum absolute atomic E-state index is 13.2. The number of aryl methyl sites for hydroxylation is 1. The van der Waals surface area contributed by atoms with E-state index in [2.05, 4.69) is 21.8 Å². The van der Waals surface area contributed by atoms with Crippen LogP contribution in [0.3, 0.4) is 0 Å². The largest absolute Gasteiger partial charge is 0.490 e.